The van der Waals surface area contributed by atoms with Crippen molar-refractivity contribution in [2.24, 2.45) is 5.92 Å². The molecule has 30 heavy (non-hydrogen) atoms. The SMILES string of the molecule is COc1ccc(CNC(=O)[C@@H](NC(=O)[C@@H]2Cc3ccccc3CN2)C(C)C)cc1.Cl. The lowest BCUT2D eigenvalue weighted by Gasteiger charge is -2.28. The number of amides is 2. The van der Waals surface area contributed by atoms with E-state index in [9.17, 15) is 9.59 Å². The van der Waals surface area contributed by atoms with E-state index in [1.54, 1.807) is 7.11 Å². The minimum Gasteiger partial charge on any atom is -0.497 e. The number of fused-ring (bicyclic) bond motifs is 1. The summed E-state index contributed by atoms with van der Waals surface area (Å²) in [5.41, 5.74) is 3.36. The van der Waals surface area contributed by atoms with Crippen molar-refractivity contribution in [1.29, 1.82) is 0 Å². The molecule has 0 saturated carbocycles. The number of halogens is 1. The summed E-state index contributed by atoms with van der Waals surface area (Å²) in [7, 11) is 1.62. The van der Waals surface area contributed by atoms with Crippen LogP contribution in [0.1, 0.15) is 30.5 Å². The van der Waals surface area contributed by atoms with E-state index in [4.69, 9.17) is 4.74 Å². The molecule has 2 aromatic rings. The summed E-state index contributed by atoms with van der Waals surface area (Å²) in [4.78, 5) is 25.5. The molecule has 1 heterocycles. The normalized spacial score (nSPS) is 16.1. The molecule has 1 aliphatic rings. The second-order valence-corrected chi connectivity index (χ2v) is 7.70. The third-order valence-electron chi connectivity index (χ3n) is 5.27. The Bertz CT molecular complexity index is 855. The van der Waals surface area contributed by atoms with E-state index in [0.29, 0.717) is 19.5 Å². The van der Waals surface area contributed by atoms with Crippen molar-refractivity contribution in [3.05, 3.63) is 65.2 Å². The number of nitrogens with one attached hydrogen (secondary N) is 3. The molecule has 0 radical (unpaired) electrons. The largest absolute Gasteiger partial charge is 0.497 e. The summed E-state index contributed by atoms with van der Waals surface area (Å²) in [6, 6.07) is 14.7. The van der Waals surface area contributed by atoms with Crippen molar-refractivity contribution in [3.8, 4) is 5.75 Å². The average molecular weight is 432 g/mol. The van der Waals surface area contributed by atoms with E-state index < -0.39 is 6.04 Å². The molecule has 3 rings (SSSR count). The van der Waals surface area contributed by atoms with Gasteiger partial charge in [-0.25, -0.2) is 0 Å². The Hall–Kier alpha value is -2.57. The number of methoxy groups -OCH3 is 1. The zero-order valence-electron chi connectivity index (χ0n) is 17.6. The van der Waals surface area contributed by atoms with Crippen LogP contribution in [-0.2, 0) is 29.1 Å². The zero-order chi connectivity index (χ0) is 20.8. The van der Waals surface area contributed by atoms with Gasteiger partial charge in [0.1, 0.15) is 11.8 Å². The lowest BCUT2D eigenvalue weighted by molar-refractivity contribution is -0.131. The number of carbonyl (C=O) groups excluding carboxylic acids is 2. The molecular formula is C23H30ClN3O3. The summed E-state index contributed by atoms with van der Waals surface area (Å²) in [5, 5.41) is 9.14. The van der Waals surface area contributed by atoms with E-state index in [-0.39, 0.29) is 36.2 Å². The predicted octanol–water partition coefficient (Wildman–Crippen LogP) is 2.59. The number of hydrogen-bond acceptors (Lipinski definition) is 4. The molecule has 1 aliphatic heterocycles. The van der Waals surface area contributed by atoms with Crippen LogP contribution >= 0.6 is 12.4 Å². The molecule has 0 bridgehead atoms. The number of carbonyl (C=O) groups is 2. The van der Waals surface area contributed by atoms with E-state index in [1.165, 1.54) is 11.1 Å². The smallest absolute Gasteiger partial charge is 0.243 e. The highest BCUT2D eigenvalue weighted by Crippen LogP contribution is 2.17. The average Bonchev–Trinajstić information content (AvgIpc) is 2.75. The summed E-state index contributed by atoms with van der Waals surface area (Å²) in [5.74, 6) is 0.429. The van der Waals surface area contributed by atoms with Gasteiger partial charge in [-0.15, -0.1) is 12.4 Å². The molecule has 0 saturated heterocycles. The second-order valence-electron chi connectivity index (χ2n) is 7.70. The van der Waals surface area contributed by atoms with Crippen LogP contribution in [0.2, 0.25) is 0 Å². The minimum absolute atomic E-state index is 0. The Morgan fingerprint density at radius 1 is 1.10 bits per heavy atom. The highest BCUT2D eigenvalue weighted by molar-refractivity contribution is 5.90. The van der Waals surface area contributed by atoms with Crippen LogP contribution in [0, 0.1) is 5.92 Å². The minimum atomic E-state index is -0.584. The lowest BCUT2D eigenvalue weighted by Crippen LogP contribution is -2.55. The van der Waals surface area contributed by atoms with Crippen LogP contribution in [0.15, 0.2) is 48.5 Å². The van der Waals surface area contributed by atoms with Gasteiger partial charge in [0.25, 0.3) is 0 Å². The first kappa shape index (κ1) is 23.7. The summed E-state index contributed by atoms with van der Waals surface area (Å²) in [6.07, 6.45) is 0.625. The molecule has 162 valence electrons. The molecule has 3 N–H and O–H groups in total. The monoisotopic (exact) mass is 431 g/mol. The summed E-state index contributed by atoms with van der Waals surface area (Å²) < 4.78 is 5.15. The Kier molecular flexibility index (Phi) is 8.69. The van der Waals surface area contributed by atoms with Gasteiger partial charge in [0, 0.05) is 13.1 Å². The van der Waals surface area contributed by atoms with Gasteiger partial charge in [-0.1, -0.05) is 50.2 Å². The Labute approximate surface area is 184 Å². The fourth-order valence-corrected chi connectivity index (χ4v) is 3.47. The van der Waals surface area contributed by atoms with Crippen molar-refractivity contribution in [1.82, 2.24) is 16.0 Å². The molecule has 2 aromatic carbocycles. The Balaban J connectivity index is 0.00000320. The highest BCUT2D eigenvalue weighted by Gasteiger charge is 2.29. The molecule has 0 fully saturated rings. The van der Waals surface area contributed by atoms with Gasteiger partial charge in [0.05, 0.1) is 13.2 Å². The van der Waals surface area contributed by atoms with Crippen molar-refractivity contribution in [3.63, 3.8) is 0 Å². The first-order valence-corrected chi connectivity index (χ1v) is 9.99. The maximum absolute atomic E-state index is 12.8. The summed E-state index contributed by atoms with van der Waals surface area (Å²) >= 11 is 0. The van der Waals surface area contributed by atoms with Gasteiger partial charge in [0.15, 0.2) is 0 Å². The summed E-state index contributed by atoms with van der Waals surface area (Å²) in [6.45, 7) is 4.92. The third kappa shape index (κ3) is 5.97. The predicted molar refractivity (Wildman–Crippen MR) is 120 cm³/mol. The second kappa shape index (κ2) is 11.0. The molecule has 6 nitrogen and oxygen atoms in total. The first-order valence-electron chi connectivity index (χ1n) is 9.99. The first-order chi connectivity index (χ1) is 14.0. The molecule has 0 spiro atoms. The number of benzene rings is 2. The van der Waals surface area contributed by atoms with Crippen molar-refractivity contribution in [2.45, 2.75) is 45.4 Å². The van der Waals surface area contributed by atoms with Crippen molar-refractivity contribution < 1.29 is 14.3 Å². The van der Waals surface area contributed by atoms with Crippen molar-refractivity contribution in [2.75, 3.05) is 7.11 Å². The van der Waals surface area contributed by atoms with Gasteiger partial charge in [0.2, 0.25) is 11.8 Å². The van der Waals surface area contributed by atoms with Crippen molar-refractivity contribution >= 4 is 24.2 Å². The quantitative estimate of drug-likeness (QED) is 0.629. The maximum Gasteiger partial charge on any atom is 0.243 e. The van der Waals surface area contributed by atoms with E-state index in [1.807, 2.05) is 50.2 Å². The van der Waals surface area contributed by atoms with Gasteiger partial charge >= 0.3 is 0 Å². The van der Waals surface area contributed by atoms with Gasteiger partial charge in [-0.05, 0) is 41.2 Å². The Morgan fingerprint density at radius 3 is 2.40 bits per heavy atom. The van der Waals surface area contributed by atoms with Crippen LogP contribution in [0.5, 0.6) is 5.75 Å². The van der Waals surface area contributed by atoms with E-state index >= 15 is 0 Å². The fourth-order valence-electron chi connectivity index (χ4n) is 3.47. The molecule has 2 amide bonds. The van der Waals surface area contributed by atoms with Gasteiger partial charge < -0.3 is 20.7 Å². The molecular weight excluding hydrogens is 402 g/mol. The molecule has 0 unspecified atom stereocenters. The Morgan fingerprint density at radius 2 is 1.77 bits per heavy atom. The molecule has 0 aliphatic carbocycles. The van der Waals surface area contributed by atoms with Crippen LogP contribution in [0.3, 0.4) is 0 Å². The van der Waals surface area contributed by atoms with E-state index in [0.717, 1.165) is 11.3 Å². The molecule has 7 heteroatoms. The van der Waals surface area contributed by atoms with E-state index in [2.05, 4.69) is 28.1 Å². The third-order valence-corrected chi connectivity index (χ3v) is 5.27. The van der Waals surface area contributed by atoms with Crippen LogP contribution in [0.25, 0.3) is 0 Å². The van der Waals surface area contributed by atoms with Crippen LogP contribution in [0.4, 0.5) is 0 Å². The fraction of sp³-hybridized carbons (Fsp3) is 0.391. The zero-order valence-corrected chi connectivity index (χ0v) is 18.4. The number of ether oxygens (including phenoxy) is 1. The lowest BCUT2D eigenvalue weighted by atomic mass is 9.94. The highest BCUT2D eigenvalue weighted by atomic mass is 35.5. The maximum atomic E-state index is 12.8. The molecule has 2 atom stereocenters. The van der Waals surface area contributed by atoms with Crippen LogP contribution in [-0.4, -0.2) is 31.0 Å². The standard InChI is InChI=1S/C23H29N3O3.ClH/c1-15(2)21(23(28)25-13-16-8-10-19(29-3)11-9-16)26-22(27)20-12-17-6-4-5-7-18(17)14-24-20;/h4-11,15,20-21,24H,12-14H2,1-3H3,(H,25,28)(H,26,27);1H/t20-,21-;/m0./s1. The number of hydrogen-bond donors (Lipinski definition) is 3. The topological polar surface area (TPSA) is 79.5 Å². The molecule has 0 aromatic heterocycles. The van der Waals surface area contributed by atoms with Crippen LogP contribution < -0.4 is 20.7 Å². The number of rotatable bonds is 7. The van der Waals surface area contributed by atoms with Gasteiger partial charge in [-0.2, -0.15) is 0 Å². The van der Waals surface area contributed by atoms with Gasteiger partial charge in [-0.3, -0.25) is 9.59 Å².